The van der Waals surface area contributed by atoms with Crippen molar-refractivity contribution in [2.75, 3.05) is 67.9 Å². The van der Waals surface area contributed by atoms with Crippen LogP contribution in [0, 0.1) is 110 Å². The molecule has 8 nitrogen and oxygen atoms in total. The molecule has 2 aromatic rings. The minimum absolute atomic E-state index is 0. The average molecular weight is 872 g/mol. The van der Waals surface area contributed by atoms with Crippen molar-refractivity contribution in [1.82, 2.24) is 0 Å². The summed E-state index contributed by atoms with van der Waals surface area (Å²) >= 11 is 0. The van der Waals surface area contributed by atoms with E-state index in [1.807, 2.05) is 4.90 Å². The summed E-state index contributed by atoms with van der Waals surface area (Å²) in [4.78, 5) is 14.3. The van der Waals surface area contributed by atoms with Crippen molar-refractivity contribution in [3.8, 4) is 0 Å². The molecule has 0 spiro atoms. The number of nitrogen functional groups attached to an aromatic ring is 1. The summed E-state index contributed by atoms with van der Waals surface area (Å²) in [5.41, 5.74) is 7.46. The van der Waals surface area contributed by atoms with Gasteiger partial charge in [-0.15, -0.1) is 26.2 Å². The Morgan fingerprint density at radius 2 is 1.25 bits per heavy atom. The third-order valence-electron chi connectivity index (χ3n) is 4.92. The van der Waals surface area contributed by atoms with E-state index in [2.05, 4.69) is 15.5 Å². The van der Waals surface area contributed by atoms with Gasteiger partial charge in [-0.3, -0.25) is 10.1 Å². The van der Waals surface area contributed by atoms with Crippen molar-refractivity contribution >= 4 is 22.7 Å². The predicted octanol–water partition coefficient (Wildman–Crippen LogP) is 3.53. The van der Waals surface area contributed by atoms with Gasteiger partial charge in [-0.2, -0.15) is 0 Å². The molecule has 2 aromatic carbocycles. The monoisotopic (exact) mass is 872 g/mol. The van der Waals surface area contributed by atoms with Crippen LogP contribution in [-0.2, 0) is 0 Å². The summed E-state index contributed by atoms with van der Waals surface area (Å²) in [5.74, 6) is -0.870. The number of halogens is 2. The van der Waals surface area contributed by atoms with E-state index >= 15 is 0 Å². The fourth-order valence-electron chi connectivity index (χ4n) is 3.42. The minimum atomic E-state index is -0.586. The van der Waals surface area contributed by atoms with E-state index in [-0.39, 0.29) is 99.6 Å². The first-order valence-electron chi connectivity index (χ1n) is 9.71. The maximum absolute atomic E-state index is 12.9. The van der Waals surface area contributed by atoms with Gasteiger partial charge in [-0.1, -0.05) is 0 Å². The summed E-state index contributed by atoms with van der Waals surface area (Å²) in [6.07, 6.45) is 0. The van der Waals surface area contributed by atoms with Gasteiger partial charge in [0, 0.05) is 88.1 Å². The van der Waals surface area contributed by atoms with Crippen molar-refractivity contribution < 1.29 is 102 Å². The first-order chi connectivity index (χ1) is 14.5. The van der Waals surface area contributed by atoms with E-state index in [0.29, 0.717) is 37.6 Å². The number of hydrogen-bond acceptors (Lipinski definition) is 5. The molecule has 2 aliphatic rings. The average Bonchev–Trinajstić information content (AvgIpc) is 2.75. The van der Waals surface area contributed by atoms with Crippen molar-refractivity contribution in [1.29, 1.82) is 0 Å². The normalized spacial score (nSPS) is 15.6. The third-order valence-corrected chi connectivity index (χ3v) is 4.92. The summed E-state index contributed by atoms with van der Waals surface area (Å²) in [6, 6.07) is 8.20. The van der Waals surface area contributed by atoms with Crippen LogP contribution in [0.15, 0.2) is 36.4 Å². The molecule has 0 bridgehead atoms. The maximum atomic E-state index is 12.9. The van der Waals surface area contributed by atoms with Crippen molar-refractivity contribution in [2.24, 2.45) is 0 Å². The third kappa shape index (κ3) is 8.60. The summed E-state index contributed by atoms with van der Waals surface area (Å²) in [5, 5.41) is 19.2. The first-order valence-corrected chi connectivity index (χ1v) is 9.71. The van der Waals surface area contributed by atoms with Gasteiger partial charge in [0.25, 0.3) is 5.69 Å². The Hall–Kier alpha value is -0.0969. The number of piperazine rings is 2. The Kier molecular flexibility index (Phi) is 14.0. The van der Waals surface area contributed by atoms with Gasteiger partial charge >= 0.3 is 0 Å². The molecule has 2 fully saturated rings. The van der Waals surface area contributed by atoms with Crippen LogP contribution < -0.4 is 15.5 Å². The quantitative estimate of drug-likeness (QED) is 0.289. The SMILES string of the molecule is Nc1cc(F)ccc1N1CC[N-]CC1.O=[N+]([O-])c1cc(F)ccc1N1CC[N-]CC1.[Ac].[Ac]. The Labute approximate surface area is 257 Å². The summed E-state index contributed by atoms with van der Waals surface area (Å²) in [6.45, 7) is 6.02. The molecule has 0 aromatic heterocycles. The molecule has 2 heterocycles. The molecule has 168 valence electrons. The van der Waals surface area contributed by atoms with Crippen LogP contribution in [0.3, 0.4) is 0 Å². The molecular weight excluding hydrogens is 848 g/mol. The molecular formula is C20H24Ac2F2N6O2-2. The molecule has 0 amide bonds. The van der Waals surface area contributed by atoms with Crippen molar-refractivity contribution in [3.05, 3.63) is 68.8 Å². The number of benzene rings is 2. The van der Waals surface area contributed by atoms with Crippen LogP contribution in [-0.4, -0.2) is 57.3 Å². The molecule has 2 radical (unpaired) electrons. The smallest absolute Gasteiger partial charge is 0.295 e. The number of nitro groups is 1. The van der Waals surface area contributed by atoms with E-state index in [4.69, 9.17) is 5.73 Å². The van der Waals surface area contributed by atoms with Crippen LogP contribution in [0.4, 0.5) is 31.5 Å². The zero-order valence-electron chi connectivity index (χ0n) is 17.7. The van der Waals surface area contributed by atoms with Crippen LogP contribution >= 0.6 is 0 Å². The number of nitro benzene ring substituents is 1. The van der Waals surface area contributed by atoms with Crippen LogP contribution in [0.2, 0.25) is 0 Å². The largest absolute Gasteiger partial charge is 0.659 e. The van der Waals surface area contributed by atoms with Gasteiger partial charge in [-0.25, -0.2) is 8.78 Å². The standard InChI is InChI=1S/C10H11FN3O2.C10H13FN3.2Ac/c11-8-1-2-9(10(7-8)14(15)16)13-5-3-12-4-6-13;11-8-1-2-10(9(12)7-8)14-5-3-13-4-6-14;;/h1-2,7H,3-6H2;1-2,7H,3-6,12H2;;/q2*-1;;. The maximum Gasteiger partial charge on any atom is 0.295 e. The van der Waals surface area contributed by atoms with Crippen LogP contribution in [0.5, 0.6) is 0 Å². The Morgan fingerprint density at radius 1 is 0.812 bits per heavy atom. The molecule has 0 saturated carbocycles. The minimum Gasteiger partial charge on any atom is -0.659 e. The second kappa shape index (κ2) is 15.0. The molecule has 0 atom stereocenters. The number of rotatable bonds is 3. The molecule has 0 unspecified atom stereocenters. The van der Waals surface area contributed by atoms with Crippen LogP contribution in [0.1, 0.15) is 0 Å². The zero-order chi connectivity index (χ0) is 21.5. The van der Waals surface area contributed by atoms with E-state index in [9.17, 15) is 18.9 Å². The second-order valence-corrected chi connectivity index (χ2v) is 6.91. The Balaban J connectivity index is 0.000000303. The number of nitrogens with zero attached hydrogens (tertiary/aromatic N) is 5. The first kappa shape index (κ1) is 29.9. The molecule has 2 aliphatic heterocycles. The fourth-order valence-corrected chi connectivity index (χ4v) is 3.42. The second-order valence-electron chi connectivity index (χ2n) is 6.91. The number of anilines is 3. The number of nitrogens with two attached hydrogens (primary N) is 1. The van der Waals surface area contributed by atoms with E-state index in [1.165, 1.54) is 24.3 Å². The summed E-state index contributed by atoms with van der Waals surface area (Å²) in [7, 11) is 0. The Bertz CT molecular complexity index is 881. The van der Waals surface area contributed by atoms with Gasteiger partial charge in [0.05, 0.1) is 22.4 Å². The fraction of sp³-hybridized carbons (Fsp3) is 0.400. The van der Waals surface area contributed by atoms with E-state index in [1.54, 1.807) is 6.07 Å². The van der Waals surface area contributed by atoms with Crippen molar-refractivity contribution in [3.63, 3.8) is 0 Å². The van der Waals surface area contributed by atoms with Crippen molar-refractivity contribution in [2.45, 2.75) is 0 Å². The van der Waals surface area contributed by atoms with Crippen LogP contribution in [0.25, 0.3) is 10.6 Å². The number of hydrogen-bond donors (Lipinski definition) is 1. The molecule has 0 aliphatic carbocycles. The molecule has 32 heavy (non-hydrogen) atoms. The van der Waals surface area contributed by atoms with Gasteiger partial charge in [0.15, 0.2) is 0 Å². The van der Waals surface area contributed by atoms with E-state index < -0.39 is 10.7 Å². The Morgan fingerprint density at radius 3 is 1.72 bits per heavy atom. The van der Waals surface area contributed by atoms with Gasteiger partial charge < -0.3 is 26.2 Å². The van der Waals surface area contributed by atoms with Gasteiger partial charge in [0.1, 0.15) is 17.3 Å². The predicted molar refractivity (Wildman–Crippen MR) is 114 cm³/mol. The molecule has 4 rings (SSSR count). The topological polar surface area (TPSA) is 104 Å². The van der Waals surface area contributed by atoms with Gasteiger partial charge in [0.2, 0.25) is 0 Å². The molecule has 2 saturated heterocycles. The summed E-state index contributed by atoms with van der Waals surface area (Å²) < 4.78 is 25.7. The zero-order valence-corrected chi connectivity index (χ0v) is 27.2. The molecule has 12 heteroatoms. The van der Waals surface area contributed by atoms with E-state index in [0.717, 1.165) is 37.9 Å². The van der Waals surface area contributed by atoms with Gasteiger partial charge in [-0.05, 0) is 56.5 Å². The molecule has 2 N–H and O–H groups in total.